The number of rotatable bonds is 3. The number of anilines is 1. The topological polar surface area (TPSA) is 37.8 Å². The molecule has 0 amide bonds. The van der Waals surface area contributed by atoms with Gasteiger partial charge in [-0.05, 0) is 30.5 Å². The van der Waals surface area contributed by atoms with E-state index in [4.69, 9.17) is 0 Å². The molecule has 96 valence electrons. The number of aromatic nitrogens is 2. The number of halogens is 1. The predicted molar refractivity (Wildman–Crippen MR) is 77.0 cm³/mol. The molecule has 0 bridgehead atoms. The van der Waals surface area contributed by atoms with Crippen LogP contribution < -0.4 is 5.32 Å². The Balaban J connectivity index is 2.22. The van der Waals surface area contributed by atoms with Gasteiger partial charge in [0.2, 0.25) is 0 Å². The summed E-state index contributed by atoms with van der Waals surface area (Å²) in [5, 5.41) is 6.14. The van der Waals surface area contributed by atoms with Crippen molar-refractivity contribution in [1.82, 2.24) is 9.97 Å². The lowest BCUT2D eigenvalue weighted by atomic mass is 10.2. The first-order valence-corrected chi connectivity index (χ1v) is 6.91. The van der Waals surface area contributed by atoms with E-state index in [0.29, 0.717) is 11.4 Å². The number of nitrogens with zero attached hydrogens (tertiary/aromatic N) is 2. The molecule has 3 rings (SSSR count). The van der Waals surface area contributed by atoms with Crippen LogP contribution in [0, 0.1) is 5.82 Å². The van der Waals surface area contributed by atoms with Gasteiger partial charge in [-0.15, -0.1) is 11.3 Å². The van der Waals surface area contributed by atoms with Gasteiger partial charge in [0.1, 0.15) is 16.5 Å². The molecule has 0 aliphatic carbocycles. The Kier molecular flexibility index (Phi) is 3.13. The van der Waals surface area contributed by atoms with Gasteiger partial charge >= 0.3 is 0 Å². The van der Waals surface area contributed by atoms with Crippen molar-refractivity contribution in [2.45, 2.75) is 6.92 Å². The normalized spacial score (nSPS) is 10.8. The van der Waals surface area contributed by atoms with Crippen molar-refractivity contribution in [2.24, 2.45) is 0 Å². The van der Waals surface area contributed by atoms with Crippen LogP contribution in [-0.4, -0.2) is 16.5 Å². The molecule has 0 saturated carbocycles. The zero-order valence-electron chi connectivity index (χ0n) is 10.4. The summed E-state index contributed by atoms with van der Waals surface area (Å²) >= 11 is 1.53. The third kappa shape index (κ3) is 2.17. The molecule has 0 aliphatic rings. The van der Waals surface area contributed by atoms with Crippen molar-refractivity contribution in [2.75, 3.05) is 11.9 Å². The number of hydrogen-bond acceptors (Lipinski definition) is 4. The van der Waals surface area contributed by atoms with Crippen LogP contribution >= 0.6 is 11.3 Å². The first-order valence-electron chi connectivity index (χ1n) is 6.03. The van der Waals surface area contributed by atoms with Crippen molar-refractivity contribution in [1.29, 1.82) is 0 Å². The van der Waals surface area contributed by atoms with Gasteiger partial charge in [0.25, 0.3) is 0 Å². The molecule has 0 spiro atoms. The number of benzene rings is 1. The molecule has 3 nitrogen and oxygen atoms in total. The van der Waals surface area contributed by atoms with E-state index in [-0.39, 0.29) is 5.82 Å². The lowest BCUT2D eigenvalue weighted by Crippen LogP contribution is -2.02. The second-order valence-corrected chi connectivity index (χ2v) is 4.94. The first-order chi connectivity index (χ1) is 9.29. The molecule has 0 radical (unpaired) electrons. The summed E-state index contributed by atoms with van der Waals surface area (Å²) in [6, 6.07) is 8.54. The van der Waals surface area contributed by atoms with Gasteiger partial charge in [0.15, 0.2) is 5.82 Å². The standard InChI is InChI=1S/C14H12FN3S/c1-2-16-12-10-7-8-19-14(10)18-13(17-12)9-5-3-4-6-11(9)15/h3-8H,2H2,1H3,(H,16,17,18). The van der Waals surface area contributed by atoms with Crippen LogP contribution in [0.4, 0.5) is 10.2 Å². The lowest BCUT2D eigenvalue weighted by molar-refractivity contribution is 0.630. The van der Waals surface area contributed by atoms with Crippen LogP contribution in [0.1, 0.15) is 6.92 Å². The molecule has 0 atom stereocenters. The lowest BCUT2D eigenvalue weighted by Gasteiger charge is -2.07. The Morgan fingerprint density at radius 3 is 2.84 bits per heavy atom. The molecule has 5 heteroatoms. The summed E-state index contributed by atoms with van der Waals surface area (Å²) in [5.74, 6) is 0.872. The van der Waals surface area contributed by atoms with E-state index in [1.165, 1.54) is 17.4 Å². The van der Waals surface area contributed by atoms with Gasteiger partial charge in [-0.3, -0.25) is 0 Å². The fraction of sp³-hybridized carbons (Fsp3) is 0.143. The highest BCUT2D eigenvalue weighted by Crippen LogP contribution is 2.29. The van der Waals surface area contributed by atoms with E-state index < -0.39 is 0 Å². The first kappa shape index (κ1) is 12.0. The van der Waals surface area contributed by atoms with Gasteiger partial charge in [-0.25, -0.2) is 14.4 Å². The van der Waals surface area contributed by atoms with E-state index >= 15 is 0 Å². The Morgan fingerprint density at radius 2 is 2.05 bits per heavy atom. The maximum absolute atomic E-state index is 13.8. The van der Waals surface area contributed by atoms with Gasteiger partial charge in [-0.1, -0.05) is 12.1 Å². The van der Waals surface area contributed by atoms with Gasteiger partial charge < -0.3 is 5.32 Å². The van der Waals surface area contributed by atoms with Crippen LogP contribution in [0.2, 0.25) is 0 Å². The molecular formula is C14H12FN3S. The molecule has 19 heavy (non-hydrogen) atoms. The SMILES string of the molecule is CCNc1nc(-c2ccccc2F)nc2sccc12. The van der Waals surface area contributed by atoms with E-state index in [2.05, 4.69) is 15.3 Å². The van der Waals surface area contributed by atoms with Gasteiger partial charge in [0.05, 0.1) is 10.9 Å². The molecule has 0 fully saturated rings. The zero-order chi connectivity index (χ0) is 13.2. The number of fused-ring (bicyclic) bond motifs is 1. The largest absolute Gasteiger partial charge is 0.370 e. The summed E-state index contributed by atoms with van der Waals surface area (Å²) in [4.78, 5) is 9.74. The number of hydrogen-bond donors (Lipinski definition) is 1. The molecule has 1 N–H and O–H groups in total. The van der Waals surface area contributed by atoms with Crippen molar-refractivity contribution in [3.05, 3.63) is 41.5 Å². The average molecular weight is 273 g/mol. The quantitative estimate of drug-likeness (QED) is 0.785. The van der Waals surface area contributed by atoms with E-state index in [1.54, 1.807) is 18.2 Å². The van der Waals surface area contributed by atoms with Crippen molar-refractivity contribution in [3.63, 3.8) is 0 Å². The van der Waals surface area contributed by atoms with Crippen LogP contribution in [-0.2, 0) is 0 Å². The summed E-state index contributed by atoms with van der Waals surface area (Å²) in [5.41, 5.74) is 0.428. The van der Waals surface area contributed by atoms with E-state index in [0.717, 1.165) is 22.6 Å². The van der Waals surface area contributed by atoms with Crippen LogP contribution in [0.5, 0.6) is 0 Å². The highest BCUT2D eigenvalue weighted by molar-refractivity contribution is 7.16. The fourth-order valence-electron chi connectivity index (χ4n) is 1.92. The van der Waals surface area contributed by atoms with E-state index in [1.807, 2.05) is 18.4 Å². The maximum Gasteiger partial charge on any atom is 0.166 e. The summed E-state index contributed by atoms with van der Waals surface area (Å²) in [7, 11) is 0. The molecule has 0 unspecified atom stereocenters. The Labute approximate surface area is 114 Å². The second-order valence-electron chi connectivity index (χ2n) is 4.05. The van der Waals surface area contributed by atoms with Crippen LogP contribution in [0.15, 0.2) is 35.7 Å². The zero-order valence-corrected chi connectivity index (χ0v) is 11.2. The minimum Gasteiger partial charge on any atom is -0.370 e. The predicted octanol–water partition coefficient (Wildman–Crippen LogP) is 3.93. The highest BCUT2D eigenvalue weighted by atomic mass is 32.1. The minimum absolute atomic E-state index is 0.305. The van der Waals surface area contributed by atoms with Crippen molar-refractivity contribution in [3.8, 4) is 11.4 Å². The molecule has 0 saturated heterocycles. The molecular weight excluding hydrogens is 261 g/mol. The van der Waals surface area contributed by atoms with Crippen molar-refractivity contribution >= 4 is 27.4 Å². The number of nitrogens with one attached hydrogen (secondary N) is 1. The number of thiophene rings is 1. The molecule has 3 aromatic rings. The van der Waals surface area contributed by atoms with E-state index in [9.17, 15) is 4.39 Å². The molecule has 0 aliphatic heterocycles. The minimum atomic E-state index is -0.305. The third-order valence-corrected chi connectivity index (χ3v) is 3.59. The summed E-state index contributed by atoms with van der Waals surface area (Å²) in [6.07, 6.45) is 0. The molecule has 2 heterocycles. The maximum atomic E-state index is 13.8. The Morgan fingerprint density at radius 1 is 1.21 bits per heavy atom. The monoisotopic (exact) mass is 273 g/mol. The van der Waals surface area contributed by atoms with Gasteiger partial charge in [-0.2, -0.15) is 0 Å². The summed E-state index contributed by atoms with van der Waals surface area (Å²) < 4.78 is 13.8. The second kappa shape index (κ2) is 4.93. The van der Waals surface area contributed by atoms with Gasteiger partial charge in [0, 0.05) is 6.54 Å². The highest BCUT2D eigenvalue weighted by Gasteiger charge is 2.12. The summed E-state index contributed by atoms with van der Waals surface area (Å²) in [6.45, 7) is 2.77. The van der Waals surface area contributed by atoms with Crippen LogP contribution in [0.3, 0.4) is 0 Å². The smallest absolute Gasteiger partial charge is 0.166 e. The molecule has 2 aromatic heterocycles. The Hall–Kier alpha value is -2.01. The van der Waals surface area contributed by atoms with Crippen LogP contribution in [0.25, 0.3) is 21.6 Å². The Bertz CT molecular complexity index is 724. The van der Waals surface area contributed by atoms with Crippen molar-refractivity contribution < 1.29 is 4.39 Å². The third-order valence-electron chi connectivity index (χ3n) is 2.78. The fourth-order valence-corrected chi connectivity index (χ4v) is 2.68. The average Bonchev–Trinajstić information content (AvgIpc) is 2.88. The molecule has 1 aromatic carbocycles.